The Bertz CT molecular complexity index is 1140. The summed E-state index contributed by atoms with van der Waals surface area (Å²) in [4.78, 5) is 37.5. The first-order valence-electron chi connectivity index (χ1n) is 9.44. The van der Waals surface area contributed by atoms with Gasteiger partial charge in [-0.3, -0.25) is 19.7 Å². The van der Waals surface area contributed by atoms with Gasteiger partial charge in [-0.15, -0.1) is 0 Å². The average molecular weight is 389 g/mol. The SMILES string of the molecule is CCCCN1C(=O)c2cccc3c(NC(=O)c4ccc([N+](=O)[O-])cc4)ccc1c23. The summed E-state index contributed by atoms with van der Waals surface area (Å²) in [5.74, 6) is -0.384. The van der Waals surface area contributed by atoms with E-state index in [0.29, 0.717) is 23.4 Å². The van der Waals surface area contributed by atoms with Crippen molar-refractivity contribution in [3.05, 3.63) is 75.8 Å². The van der Waals surface area contributed by atoms with Crippen LogP contribution in [0.5, 0.6) is 0 Å². The number of nitro benzene ring substituents is 1. The Labute approximate surface area is 167 Å². The molecule has 0 unspecified atom stereocenters. The van der Waals surface area contributed by atoms with Gasteiger partial charge in [0.25, 0.3) is 17.5 Å². The molecule has 1 aliphatic rings. The third-order valence-corrected chi connectivity index (χ3v) is 5.11. The Hall–Kier alpha value is -3.74. The molecule has 0 fully saturated rings. The Morgan fingerprint density at radius 2 is 1.86 bits per heavy atom. The van der Waals surface area contributed by atoms with Crippen molar-refractivity contribution in [3.8, 4) is 0 Å². The molecular formula is C22H19N3O4. The number of benzene rings is 3. The van der Waals surface area contributed by atoms with E-state index in [2.05, 4.69) is 12.2 Å². The summed E-state index contributed by atoms with van der Waals surface area (Å²) in [7, 11) is 0. The topological polar surface area (TPSA) is 92.6 Å². The molecule has 2 amide bonds. The molecule has 0 bridgehead atoms. The first-order valence-corrected chi connectivity index (χ1v) is 9.44. The molecule has 1 heterocycles. The van der Waals surface area contributed by atoms with Crippen molar-refractivity contribution in [2.45, 2.75) is 19.8 Å². The molecule has 0 spiro atoms. The van der Waals surface area contributed by atoms with E-state index in [1.54, 1.807) is 11.0 Å². The minimum absolute atomic E-state index is 0.0158. The second kappa shape index (κ2) is 7.35. The zero-order valence-corrected chi connectivity index (χ0v) is 15.8. The van der Waals surface area contributed by atoms with E-state index in [9.17, 15) is 19.7 Å². The summed E-state index contributed by atoms with van der Waals surface area (Å²) in [6.07, 6.45) is 1.91. The first-order chi connectivity index (χ1) is 14.0. The molecule has 0 atom stereocenters. The van der Waals surface area contributed by atoms with E-state index in [4.69, 9.17) is 0 Å². The van der Waals surface area contributed by atoms with Gasteiger partial charge < -0.3 is 10.2 Å². The van der Waals surface area contributed by atoms with Crippen LogP contribution >= 0.6 is 0 Å². The maximum Gasteiger partial charge on any atom is 0.269 e. The van der Waals surface area contributed by atoms with Gasteiger partial charge in [0.2, 0.25) is 0 Å². The normalized spacial score (nSPS) is 12.4. The van der Waals surface area contributed by atoms with Gasteiger partial charge in [0.15, 0.2) is 0 Å². The van der Waals surface area contributed by atoms with Crippen LogP contribution in [0.3, 0.4) is 0 Å². The minimum Gasteiger partial charge on any atom is -0.321 e. The molecule has 0 aliphatic carbocycles. The summed E-state index contributed by atoms with van der Waals surface area (Å²) in [6.45, 7) is 2.74. The second-order valence-electron chi connectivity index (χ2n) is 6.93. The highest BCUT2D eigenvalue weighted by Crippen LogP contribution is 2.40. The Morgan fingerprint density at radius 3 is 2.55 bits per heavy atom. The predicted octanol–water partition coefficient (Wildman–Crippen LogP) is 4.76. The quantitative estimate of drug-likeness (QED) is 0.486. The van der Waals surface area contributed by atoms with Gasteiger partial charge in [-0.25, -0.2) is 0 Å². The second-order valence-corrected chi connectivity index (χ2v) is 6.93. The molecule has 7 heteroatoms. The van der Waals surface area contributed by atoms with Crippen LogP contribution in [0.1, 0.15) is 40.5 Å². The van der Waals surface area contributed by atoms with Crippen molar-refractivity contribution in [2.24, 2.45) is 0 Å². The van der Waals surface area contributed by atoms with Gasteiger partial charge in [-0.2, -0.15) is 0 Å². The van der Waals surface area contributed by atoms with Crippen molar-refractivity contribution in [1.82, 2.24) is 0 Å². The van der Waals surface area contributed by atoms with E-state index < -0.39 is 4.92 Å². The summed E-state index contributed by atoms with van der Waals surface area (Å²) in [5.41, 5.74) is 2.35. The number of amides is 2. The highest BCUT2D eigenvalue weighted by atomic mass is 16.6. The fraction of sp³-hybridized carbons (Fsp3) is 0.182. The van der Waals surface area contributed by atoms with Gasteiger partial charge >= 0.3 is 0 Å². The molecule has 3 aromatic rings. The molecule has 1 N–H and O–H groups in total. The van der Waals surface area contributed by atoms with Crippen LogP contribution in [0.25, 0.3) is 10.8 Å². The van der Waals surface area contributed by atoms with Gasteiger partial charge in [0, 0.05) is 46.3 Å². The van der Waals surface area contributed by atoms with Crippen molar-refractivity contribution in [3.63, 3.8) is 0 Å². The Balaban J connectivity index is 1.68. The molecule has 29 heavy (non-hydrogen) atoms. The van der Waals surface area contributed by atoms with E-state index in [0.717, 1.165) is 29.3 Å². The summed E-state index contributed by atoms with van der Waals surface area (Å²) >= 11 is 0. The van der Waals surface area contributed by atoms with E-state index >= 15 is 0 Å². The molecule has 7 nitrogen and oxygen atoms in total. The van der Waals surface area contributed by atoms with Crippen molar-refractivity contribution < 1.29 is 14.5 Å². The molecule has 4 rings (SSSR count). The van der Waals surface area contributed by atoms with Crippen LogP contribution in [-0.2, 0) is 0 Å². The molecule has 0 radical (unpaired) electrons. The summed E-state index contributed by atoms with van der Waals surface area (Å²) < 4.78 is 0. The van der Waals surface area contributed by atoms with Gasteiger partial charge in [0.1, 0.15) is 0 Å². The number of nitrogens with zero attached hydrogens (tertiary/aromatic N) is 2. The zero-order valence-electron chi connectivity index (χ0n) is 15.8. The van der Waals surface area contributed by atoms with Crippen LogP contribution < -0.4 is 10.2 Å². The smallest absolute Gasteiger partial charge is 0.269 e. The van der Waals surface area contributed by atoms with E-state index in [-0.39, 0.29) is 17.5 Å². The molecule has 146 valence electrons. The monoisotopic (exact) mass is 389 g/mol. The number of rotatable bonds is 6. The minimum atomic E-state index is -0.508. The maximum absolute atomic E-state index is 12.8. The molecular weight excluding hydrogens is 370 g/mol. The number of anilines is 2. The Kier molecular flexibility index (Phi) is 4.72. The number of carbonyl (C=O) groups excluding carboxylic acids is 2. The lowest BCUT2D eigenvalue weighted by atomic mass is 10.0. The van der Waals surface area contributed by atoms with Crippen LogP contribution in [0.4, 0.5) is 17.1 Å². The van der Waals surface area contributed by atoms with Gasteiger partial charge in [0.05, 0.1) is 10.6 Å². The lowest BCUT2D eigenvalue weighted by molar-refractivity contribution is -0.384. The van der Waals surface area contributed by atoms with Gasteiger partial charge in [-0.1, -0.05) is 25.5 Å². The molecule has 0 aromatic heterocycles. The fourth-order valence-corrected chi connectivity index (χ4v) is 3.62. The molecule has 1 aliphatic heterocycles. The number of unbranched alkanes of at least 4 members (excludes halogenated alkanes) is 1. The highest BCUT2D eigenvalue weighted by molar-refractivity contribution is 6.27. The summed E-state index contributed by atoms with van der Waals surface area (Å²) in [5, 5.41) is 15.3. The Morgan fingerprint density at radius 1 is 1.10 bits per heavy atom. The fourth-order valence-electron chi connectivity index (χ4n) is 3.62. The van der Waals surface area contributed by atoms with Crippen LogP contribution in [0.15, 0.2) is 54.6 Å². The number of nitro groups is 1. The van der Waals surface area contributed by atoms with Crippen molar-refractivity contribution >= 4 is 39.6 Å². The summed E-state index contributed by atoms with van der Waals surface area (Å²) in [6, 6.07) is 14.6. The van der Waals surface area contributed by atoms with Crippen molar-refractivity contribution in [2.75, 3.05) is 16.8 Å². The molecule has 0 saturated heterocycles. The predicted molar refractivity (Wildman–Crippen MR) is 112 cm³/mol. The lowest BCUT2D eigenvalue weighted by Gasteiger charge is -2.17. The van der Waals surface area contributed by atoms with Crippen LogP contribution in [0, 0.1) is 10.1 Å². The lowest BCUT2D eigenvalue weighted by Crippen LogP contribution is -2.27. The van der Waals surface area contributed by atoms with Crippen molar-refractivity contribution in [1.29, 1.82) is 0 Å². The number of non-ortho nitro benzene ring substituents is 1. The number of nitrogens with one attached hydrogen (secondary N) is 1. The molecule has 0 saturated carbocycles. The van der Waals surface area contributed by atoms with Crippen LogP contribution in [0.2, 0.25) is 0 Å². The molecule has 3 aromatic carbocycles. The zero-order chi connectivity index (χ0) is 20.5. The highest BCUT2D eigenvalue weighted by Gasteiger charge is 2.30. The first kappa shape index (κ1) is 18.6. The largest absolute Gasteiger partial charge is 0.321 e. The average Bonchev–Trinajstić information content (AvgIpc) is 3.01. The standard InChI is InChI=1S/C22H19N3O4/c1-2-3-13-24-19-12-11-18(16-5-4-6-17(20(16)19)22(24)27)23-21(26)14-7-9-15(10-8-14)25(28)29/h4-12H,2-3,13H2,1H3,(H,23,26). The maximum atomic E-state index is 12.8. The number of hydrogen-bond donors (Lipinski definition) is 1. The van der Waals surface area contributed by atoms with Gasteiger partial charge in [-0.05, 0) is 36.8 Å². The van der Waals surface area contributed by atoms with E-state index in [1.165, 1.54) is 24.3 Å². The van der Waals surface area contributed by atoms with Crippen LogP contribution in [-0.4, -0.2) is 23.3 Å². The number of carbonyl (C=O) groups is 2. The third-order valence-electron chi connectivity index (χ3n) is 5.11. The third kappa shape index (κ3) is 3.20. The van der Waals surface area contributed by atoms with E-state index in [1.807, 2.05) is 24.3 Å². The number of hydrogen-bond acceptors (Lipinski definition) is 4.